The maximum absolute atomic E-state index is 12.7. The van der Waals surface area contributed by atoms with Crippen LogP contribution in [0.2, 0.25) is 0 Å². The molecule has 1 fully saturated rings. The van der Waals surface area contributed by atoms with E-state index >= 15 is 0 Å². The SMILES string of the molecule is Cc1ccc(/C(Br)=C(\CC2NCCCC2=O)NC(=O)c2ccccc2)cc1. The van der Waals surface area contributed by atoms with E-state index in [1.54, 1.807) is 12.1 Å². The molecule has 27 heavy (non-hydrogen) atoms. The standard InChI is InChI=1S/C22H23BrN2O2/c1-15-9-11-16(12-10-15)21(23)19(14-18-20(26)8-5-13-24-18)25-22(27)17-6-3-2-4-7-17/h2-4,6-7,9-12,18,24H,5,8,13-14H2,1H3,(H,25,27)/b21-19-. The molecule has 0 saturated carbocycles. The number of carbonyl (C=O) groups excluding carboxylic acids is 2. The summed E-state index contributed by atoms with van der Waals surface area (Å²) < 4.78 is 0.798. The summed E-state index contributed by atoms with van der Waals surface area (Å²) in [6, 6.07) is 16.9. The molecule has 0 aliphatic carbocycles. The van der Waals surface area contributed by atoms with Crippen molar-refractivity contribution in [1.82, 2.24) is 10.6 Å². The van der Waals surface area contributed by atoms with E-state index in [1.165, 1.54) is 0 Å². The highest BCUT2D eigenvalue weighted by Gasteiger charge is 2.25. The lowest BCUT2D eigenvalue weighted by Crippen LogP contribution is -2.43. The van der Waals surface area contributed by atoms with Crippen molar-refractivity contribution in [3.05, 3.63) is 77.0 Å². The first-order valence-corrected chi connectivity index (χ1v) is 9.92. The van der Waals surface area contributed by atoms with Crippen molar-refractivity contribution in [1.29, 1.82) is 0 Å². The molecule has 1 atom stereocenters. The van der Waals surface area contributed by atoms with Crippen molar-refractivity contribution in [2.24, 2.45) is 0 Å². The van der Waals surface area contributed by atoms with Crippen molar-refractivity contribution in [2.75, 3.05) is 6.54 Å². The summed E-state index contributed by atoms with van der Waals surface area (Å²) in [7, 11) is 0. The van der Waals surface area contributed by atoms with Gasteiger partial charge in [-0.05, 0) is 53.5 Å². The first-order valence-electron chi connectivity index (χ1n) is 9.13. The van der Waals surface area contributed by atoms with Crippen molar-refractivity contribution in [2.45, 2.75) is 32.2 Å². The lowest BCUT2D eigenvalue weighted by atomic mass is 9.98. The van der Waals surface area contributed by atoms with Gasteiger partial charge < -0.3 is 10.6 Å². The second-order valence-electron chi connectivity index (χ2n) is 6.76. The van der Waals surface area contributed by atoms with Crippen LogP contribution < -0.4 is 10.6 Å². The third-order valence-corrected chi connectivity index (χ3v) is 5.59. The van der Waals surface area contributed by atoms with Gasteiger partial charge in [0.1, 0.15) is 5.78 Å². The van der Waals surface area contributed by atoms with Gasteiger partial charge in [-0.25, -0.2) is 0 Å². The molecule has 1 unspecified atom stereocenters. The summed E-state index contributed by atoms with van der Waals surface area (Å²) >= 11 is 3.65. The number of hydrogen-bond acceptors (Lipinski definition) is 3. The van der Waals surface area contributed by atoms with E-state index in [0.29, 0.717) is 24.1 Å². The molecule has 3 rings (SSSR count). The molecule has 1 aliphatic rings. The first-order chi connectivity index (χ1) is 13.0. The van der Waals surface area contributed by atoms with Crippen LogP contribution in [-0.2, 0) is 4.79 Å². The average Bonchev–Trinajstić information content (AvgIpc) is 2.69. The zero-order valence-electron chi connectivity index (χ0n) is 15.3. The van der Waals surface area contributed by atoms with E-state index < -0.39 is 0 Å². The van der Waals surface area contributed by atoms with E-state index in [2.05, 4.69) is 26.6 Å². The predicted octanol–water partition coefficient (Wildman–Crippen LogP) is 4.20. The van der Waals surface area contributed by atoms with Crippen molar-refractivity contribution in [3.63, 3.8) is 0 Å². The van der Waals surface area contributed by atoms with Crippen LogP contribution in [0.15, 0.2) is 60.3 Å². The molecule has 0 spiro atoms. The molecule has 2 N–H and O–H groups in total. The van der Waals surface area contributed by atoms with Crippen LogP contribution in [0.5, 0.6) is 0 Å². The van der Waals surface area contributed by atoms with E-state index in [-0.39, 0.29) is 17.7 Å². The van der Waals surface area contributed by atoms with Gasteiger partial charge in [-0.3, -0.25) is 9.59 Å². The lowest BCUT2D eigenvalue weighted by Gasteiger charge is -2.24. The average molecular weight is 427 g/mol. The largest absolute Gasteiger partial charge is 0.324 e. The number of nitrogens with one attached hydrogen (secondary N) is 2. The fourth-order valence-corrected chi connectivity index (χ4v) is 3.61. The molecular formula is C22H23BrN2O2. The Balaban J connectivity index is 1.90. The molecule has 1 aliphatic heterocycles. The molecule has 0 aromatic heterocycles. The number of hydrogen-bond donors (Lipinski definition) is 2. The number of rotatable bonds is 5. The Morgan fingerprint density at radius 1 is 1.11 bits per heavy atom. The lowest BCUT2D eigenvalue weighted by molar-refractivity contribution is -0.122. The zero-order valence-corrected chi connectivity index (χ0v) is 16.9. The molecule has 2 aromatic carbocycles. The minimum atomic E-state index is -0.275. The Labute approximate surface area is 168 Å². The number of amides is 1. The molecule has 2 aromatic rings. The summed E-state index contributed by atoms with van der Waals surface area (Å²) in [5.74, 6) is 0.00911. The van der Waals surface area contributed by atoms with Crippen molar-refractivity contribution < 1.29 is 9.59 Å². The minimum Gasteiger partial charge on any atom is -0.324 e. The summed E-state index contributed by atoms with van der Waals surface area (Å²) in [5, 5.41) is 6.29. The molecule has 5 heteroatoms. The molecule has 1 saturated heterocycles. The van der Waals surface area contributed by atoms with Crippen LogP contribution in [0.1, 0.15) is 40.7 Å². The highest BCUT2D eigenvalue weighted by molar-refractivity contribution is 9.15. The smallest absolute Gasteiger partial charge is 0.255 e. The maximum atomic E-state index is 12.7. The van der Waals surface area contributed by atoms with Crippen LogP contribution in [0, 0.1) is 6.92 Å². The highest BCUT2D eigenvalue weighted by atomic mass is 79.9. The van der Waals surface area contributed by atoms with Crippen molar-refractivity contribution >= 4 is 32.1 Å². The fraction of sp³-hybridized carbons (Fsp3) is 0.273. The maximum Gasteiger partial charge on any atom is 0.255 e. The Hall–Kier alpha value is -2.24. The molecule has 1 heterocycles. The summed E-state index contributed by atoms with van der Waals surface area (Å²) in [5.41, 5.74) is 3.42. The van der Waals surface area contributed by atoms with Gasteiger partial charge in [0.2, 0.25) is 0 Å². The van der Waals surface area contributed by atoms with Crippen LogP contribution in [0.3, 0.4) is 0 Å². The Morgan fingerprint density at radius 2 is 1.81 bits per heavy atom. The molecule has 140 valence electrons. The second kappa shape index (κ2) is 9.11. The van der Waals surface area contributed by atoms with Crippen LogP contribution in [0.4, 0.5) is 0 Å². The van der Waals surface area contributed by atoms with Crippen LogP contribution in [-0.4, -0.2) is 24.3 Å². The molecular weight excluding hydrogens is 404 g/mol. The first kappa shape index (κ1) is 19.5. The quantitative estimate of drug-likeness (QED) is 0.752. The number of aryl methyl sites for hydroxylation is 1. The zero-order chi connectivity index (χ0) is 19.2. The fourth-order valence-electron chi connectivity index (χ4n) is 3.09. The van der Waals surface area contributed by atoms with Gasteiger partial charge in [-0.2, -0.15) is 0 Å². The molecule has 4 nitrogen and oxygen atoms in total. The predicted molar refractivity (Wildman–Crippen MR) is 112 cm³/mol. The molecule has 0 bridgehead atoms. The van der Waals surface area contributed by atoms with Crippen molar-refractivity contribution in [3.8, 4) is 0 Å². The van der Waals surface area contributed by atoms with Gasteiger partial charge >= 0.3 is 0 Å². The van der Waals surface area contributed by atoms with Gasteiger partial charge in [0.25, 0.3) is 5.91 Å². The summed E-state index contributed by atoms with van der Waals surface area (Å²) in [4.78, 5) is 25.0. The Morgan fingerprint density at radius 3 is 2.48 bits per heavy atom. The van der Waals surface area contributed by atoms with E-state index in [1.807, 2.05) is 49.4 Å². The number of piperidine rings is 1. The topological polar surface area (TPSA) is 58.2 Å². The monoisotopic (exact) mass is 426 g/mol. The summed E-state index contributed by atoms with van der Waals surface area (Å²) in [6.07, 6.45) is 1.88. The third-order valence-electron chi connectivity index (χ3n) is 4.66. The molecule has 1 amide bonds. The van der Waals surface area contributed by atoms with Gasteiger partial charge in [0, 0.05) is 28.6 Å². The molecule has 0 radical (unpaired) electrons. The van der Waals surface area contributed by atoms with Gasteiger partial charge in [-0.15, -0.1) is 0 Å². The van der Waals surface area contributed by atoms with Gasteiger partial charge in [0.15, 0.2) is 0 Å². The van der Waals surface area contributed by atoms with Crippen LogP contribution in [0.25, 0.3) is 4.48 Å². The van der Waals surface area contributed by atoms with Gasteiger partial charge in [-0.1, -0.05) is 48.0 Å². The highest BCUT2D eigenvalue weighted by Crippen LogP contribution is 2.28. The van der Waals surface area contributed by atoms with E-state index in [0.717, 1.165) is 28.6 Å². The van der Waals surface area contributed by atoms with E-state index in [4.69, 9.17) is 0 Å². The van der Waals surface area contributed by atoms with Gasteiger partial charge in [0.05, 0.1) is 6.04 Å². The number of benzene rings is 2. The number of halogens is 1. The Kier molecular flexibility index (Phi) is 6.58. The third kappa shape index (κ3) is 5.15. The normalized spacial score (nSPS) is 18.0. The van der Waals surface area contributed by atoms with Crippen LogP contribution >= 0.6 is 15.9 Å². The number of carbonyl (C=O) groups is 2. The summed E-state index contributed by atoms with van der Waals surface area (Å²) in [6.45, 7) is 2.85. The Bertz CT molecular complexity index is 844. The minimum absolute atomic E-state index is 0.182. The second-order valence-corrected chi connectivity index (χ2v) is 7.55. The number of Topliss-reactive ketones (excluding diaryl/α,β-unsaturated/α-hetero) is 1. The number of ketones is 1. The van der Waals surface area contributed by atoms with E-state index in [9.17, 15) is 9.59 Å².